The molecule has 0 saturated carbocycles. The van der Waals surface area contributed by atoms with E-state index in [2.05, 4.69) is 30.5 Å². The lowest BCUT2D eigenvalue weighted by molar-refractivity contribution is -0.112. The van der Waals surface area contributed by atoms with Gasteiger partial charge in [-0.05, 0) is 49.4 Å². The average molecular weight is 347 g/mol. The number of anilines is 2. The third-order valence-electron chi connectivity index (χ3n) is 4.28. The number of rotatable bonds is 5. The van der Waals surface area contributed by atoms with Gasteiger partial charge in [-0.1, -0.05) is 49.7 Å². The van der Waals surface area contributed by atoms with Crippen molar-refractivity contribution in [3.8, 4) is 6.07 Å². The molecule has 2 rings (SSSR count). The first kappa shape index (κ1) is 19.3. The van der Waals surface area contributed by atoms with Crippen LogP contribution in [0.15, 0.2) is 48.2 Å². The Morgan fingerprint density at radius 1 is 1.12 bits per heavy atom. The minimum absolute atomic E-state index is 0.0305. The molecular weight excluding hydrogens is 322 g/mol. The molecule has 0 saturated heterocycles. The number of hydrogen-bond acceptors (Lipinski definition) is 3. The molecule has 0 unspecified atom stereocenters. The normalized spacial score (nSPS) is 11.2. The van der Waals surface area contributed by atoms with Crippen LogP contribution in [0.5, 0.6) is 0 Å². The van der Waals surface area contributed by atoms with Crippen LogP contribution in [0, 0.1) is 32.1 Å². The Morgan fingerprint density at radius 3 is 2.46 bits per heavy atom. The van der Waals surface area contributed by atoms with E-state index in [0.717, 1.165) is 27.9 Å². The molecule has 0 aliphatic heterocycles. The van der Waals surface area contributed by atoms with Gasteiger partial charge in [0.15, 0.2) is 0 Å². The zero-order chi connectivity index (χ0) is 19.3. The third-order valence-corrected chi connectivity index (χ3v) is 4.28. The first-order valence-corrected chi connectivity index (χ1v) is 8.68. The van der Waals surface area contributed by atoms with E-state index in [1.165, 1.54) is 6.20 Å². The van der Waals surface area contributed by atoms with Gasteiger partial charge in [0.05, 0.1) is 0 Å². The molecular formula is C22H25N3O. The summed E-state index contributed by atoms with van der Waals surface area (Å²) in [6.45, 7) is 10.2. The second-order valence-corrected chi connectivity index (χ2v) is 6.78. The standard InChI is InChI=1S/C22H25N3O/c1-14(2)19-8-6-7-16(4)21(19)24-13-18(12-23)22(26)25-20-10-9-15(3)11-17(20)5/h6-11,13-14,24H,1-5H3,(H,25,26)/b18-13-. The molecule has 0 aliphatic carbocycles. The maximum atomic E-state index is 12.5. The Morgan fingerprint density at radius 2 is 1.85 bits per heavy atom. The number of amides is 1. The van der Waals surface area contributed by atoms with Crippen molar-refractivity contribution in [2.75, 3.05) is 10.6 Å². The largest absolute Gasteiger partial charge is 0.360 e. The summed E-state index contributed by atoms with van der Waals surface area (Å²) in [6.07, 6.45) is 1.48. The molecule has 134 valence electrons. The van der Waals surface area contributed by atoms with Crippen LogP contribution in [0.3, 0.4) is 0 Å². The molecule has 0 aromatic heterocycles. The summed E-state index contributed by atoms with van der Waals surface area (Å²) in [6, 6.07) is 13.8. The van der Waals surface area contributed by atoms with Crippen molar-refractivity contribution >= 4 is 17.3 Å². The summed E-state index contributed by atoms with van der Waals surface area (Å²) in [7, 11) is 0. The van der Waals surface area contributed by atoms with Crippen LogP contribution in [0.2, 0.25) is 0 Å². The molecule has 0 heterocycles. The summed E-state index contributed by atoms with van der Waals surface area (Å²) in [5.74, 6) is -0.0907. The van der Waals surface area contributed by atoms with Crippen LogP contribution in [0.25, 0.3) is 0 Å². The molecule has 0 atom stereocenters. The van der Waals surface area contributed by atoms with E-state index < -0.39 is 5.91 Å². The van der Waals surface area contributed by atoms with Gasteiger partial charge < -0.3 is 10.6 Å². The second kappa shape index (κ2) is 8.35. The van der Waals surface area contributed by atoms with E-state index in [0.29, 0.717) is 11.6 Å². The van der Waals surface area contributed by atoms with E-state index in [-0.39, 0.29) is 5.57 Å². The highest BCUT2D eigenvalue weighted by Crippen LogP contribution is 2.27. The number of hydrogen-bond donors (Lipinski definition) is 2. The topological polar surface area (TPSA) is 64.9 Å². The van der Waals surface area contributed by atoms with E-state index >= 15 is 0 Å². The van der Waals surface area contributed by atoms with Crippen LogP contribution < -0.4 is 10.6 Å². The van der Waals surface area contributed by atoms with Crippen molar-refractivity contribution < 1.29 is 4.79 Å². The van der Waals surface area contributed by atoms with Crippen LogP contribution in [0.4, 0.5) is 11.4 Å². The van der Waals surface area contributed by atoms with E-state index in [4.69, 9.17) is 0 Å². The van der Waals surface area contributed by atoms with Gasteiger partial charge in [0.1, 0.15) is 11.6 Å². The number of benzene rings is 2. The van der Waals surface area contributed by atoms with Crippen LogP contribution >= 0.6 is 0 Å². The van der Waals surface area contributed by atoms with Gasteiger partial charge in [-0.25, -0.2) is 0 Å². The Labute approximate surface area is 155 Å². The zero-order valence-electron chi connectivity index (χ0n) is 16.0. The average Bonchev–Trinajstić information content (AvgIpc) is 2.58. The van der Waals surface area contributed by atoms with Gasteiger partial charge in [-0.15, -0.1) is 0 Å². The number of carbonyl (C=O) groups excluding carboxylic acids is 1. The smallest absolute Gasteiger partial charge is 0.267 e. The third kappa shape index (κ3) is 4.52. The van der Waals surface area contributed by atoms with Crippen molar-refractivity contribution in [3.63, 3.8) is 0 Å². The molecule has 2 N–H and O–H groups in total. The number of para-hydroxylation sites is 1. The maximum Gasteiger partial charge on any atom is 0.267 e. The fraction of sp³-hybridized carbons (Fsp3) is 0.273. The second-order valence-electron chi connectivity index (χ2n) is 6.78. The lowest BCUT2D eigenvalue weighted by atomic mass is 9.98. The van der Waals surface area contributed by atoms with Crippen molar-refractivity contribution in [3.05, 3.63) is 70.4 Å². The van der Waals surface area contributed by atoms with Gasteiger partial charge in [-0.2, -0.15) is 5.26 Å². The predicted octanol–water partition coefficient (Wildman–Crippen LogP) is 5.19. The molecule has 0 bridgehead atoms. The van der Waals surface area contributed by atoms with E-state index in [1.54, 1.807) is 0 Å². The first-order chi connectivity index (χ1) is 12.3. The van der Waals surface area contributed by atoms with Crippen LogP contribution in [-0.4, -0.2) is 5.91 Å². The van der Waals surface area contributed by atoms with E-state index in [9.17, 15) is 10.1 Å². The first-order valence-electron chi connectivity index (χ1n) is 8.68. The van der Waals surface area contributed by atoms with Crippen molar-refractivity contribution in [2.45, 2.75) is 40.5 Å². The van der Waals surface area contributed by atoms with Crippen molar-refractivity contribution in [2.24, 2.45) is 0 Å². The zero-order valence-corrected chi connectivity index (χ0v) is 16.0. The fourth-order valence-corrected chi connectivity index (χ4v) is 2.81. The molecule has 0 spiro atoms. The fourth-order valence-electron chi connectivity index (χ4n) is 2.81. The number of nitrogens with zero attached hydrogens (tertiary/aromatic N) is 1. The Kier molecular flexibility index (Phi) is 6.19. The summed E-state index contributed by atoms with van der Waals surface area (Å²) in [4.78, 5) is 12.5. The molecule has 4 nitrogen and oxygen atoms in total. The summed E-state index contributed by atoms with van der Waals surface area (Å²) >= 11 is 0. The SMILES string of the molecule is Cc1ccc(NC(=O)/C(C#N)=C\Nc2c(C)cccc2C(C)C)c(C)c1. The van der Waals surface area contributed by atoms with Crippen molar-refractivity contribution in [1.82, 2.24) is 0 Å². The van der Waals surface area contributed by atoms with E-state index in [1.807, 2.05) is 57.2 Å². The lowest BCUT2D eigenvalue weighted by Gasteiger charge is -2.15. The highest BCUT2D eigenvalue weighted by Gasteiger charge is 2.12. The number of aryl methyl sites for hydroxylation is 3. The molecule has 1 amide bonds. The number of nitriles is 1. The van der Waals surface area contributed by atoms with Crippen LogP contribution in [-0.2, 0) is 4.79 Å². The lowest BCUT2D eigenvalue weighted by Crippen LogP contribution is -2.15. The molecule has 0 aliphatic rings. The monoisotopic (exact) mass is 347 g/mol. The highest BCUT2D eigenvalue weighted by atomic mass is 16.1. The predicted molar refractivity (Wildman–Crippen MR) is 107 cm³/mol. The summed E-state index contributed by atoms with van der Waals surface area (Å²) in [5, 5.41) is 15.4. The maximum absolute atomic E-state index is 12.5. The highest BCUT2D eigenvalue weighted by molar-refractivity contribution is 6.07. The molecule has 4 heteroatoms. The Hall–Kier alpha value is -3.06. The number of nitrogens with one attached hydrogen (secondary N) is 2. The molecule has 0 fully saturated rings. The van der Waals surface area contributed by atoms with Gasteiger partial charge in [-0.3, -0.25) is 4.79 Å². The Balaban J connectivity index is 2.23. The van der Waals surface area contributed by atoms with Gasteiger partial charge in [0, 0.05) is 17.6 Å². The Bertz CT molecular complexity index is 889. The van der Waals surface area contributed by atoms with Gasteiger partial charge in [0.2, 0.25) is 0 Å². The summed E-state index contributed by atoms with van der Waals surface area (Å²) in [5.41, 5.74) is 5.98. The van der Waals surface area contributed by atoms with Crippen LogP contribution in [0.1, 0.15) is 42.0 Å². The molecule has 2 aromatic carbocycles. The minimum atomic E-state index is -0.424. The minimum Gasteiger partial charge on any atom is -0.360 e. The number of carbonyl (C=O) groups is 1. The quantitative estimate of drug-likeness (QED) is 0.577. The molecule has 26 heavy (non-hydrogen) atoms. The molecule has 0 radical (unpaired) electrons. The molecule has 2 aromatic rings. The van der Waals surface area contributed by atoms with Gasteiger partial charge in [0.25, 0.3) is 5.91 Å². The van der Waals surface area contributed by atoms with Crippen molar-refractivity contribution in [1.29, 1.82) is 5.26 Å². The van der Waals surface area contributed by atoms with Gasteiger partial charge >= 0.3 is 0 Å². The summed E-state index contributed by atoms with van der Waals surface area (Å²) < 4.78 is 0.